The van der Waals surface area contributed by atoms with Crippen LogP contribution in [0.2, 0.25) is 0 Å². The minimum Gasteiger partial charge on any atom is -0.326 e. The van der Waals surface area contributed by atoms with Gasteiger partial charge in [-0.05, 0) is 61.6 Å². The Balaban J connectivity index is 1.75. The number of unbranched alkanes of at least 4 members (excludes halogenated alkanes) is 1. The first-order valence-corrected chi connectivity index (χ1v) is 11.9. The molecule has 0 bridgehead atoms. The molecule has 1 unspecified atom stereocenters. The topological polar surface area (TPSA) is 66.5 Å². The summed E-state index contributed by atoms with van der Waals surface area (Å²) in [5, 5.41) is 2.93. The molecule has 5 nitrogen and oxygen atoms in total. The van der Waals surface area contributed by atoms with Crippen LogP contribution in [0.3, 0.4) is 0 Å². The molecule has 1 aliphatic heterocycles. The maximum Gasteiger partial charge on any atom is 0.264 e. The third-order valence-electron chi connectivity index (χ3n) is 5.55. The smallest absolute Gasteiger partial charge is 0.264 e. The van der Waals surface area contributed by atoms with Gasteiger partial charge >= 0.3 is 0 Å². The van der Waals surface area contributed by atoms with Gasteiger partial charge in [-0.25, -0.2) is 8.42 Å². The van der Waals surface area contributed by atoms with Crippen LogP contribution >= 0.6 is 0 Å². The molecule has 1 atom stereocenters. The third-order valence-corrected chi connectivity index (χ3v) is 7.37. The number of hydrogen-bond acceptors (Lipinski definition) is 3. The molecule has 0 fully saturated rings. The normalized spacial score (nSPS) is 14.9. The van der Waals surface area contributed by atoms with Gasteiger partial charge in [-0.3, -0.25) is 9.10 Å². The van der Waals surface area contributed by atoms with E-state index in [9.17, 15) is 13.2 Å². The van der Waals surface area contributed by atoms with E-state index in [2.05, 4.69) is 12.2 Å². The second-order valence-corrected chi connectivity index (χ2v) is 9.43. The lowest BCUT2D eigenvalue weighted by Gasteiger charge is -2.30. The van der Waals surface area contributed by atoms with Gasteiger partial charge in [-0.15, -0.1) is 0 Å². The maximum absolute atomic E-state index is 13.2. The number of carbonyl (C=O) groups excluding carboxylic acids is 1. The van der Waals surface area contributed by atoms with Gasteiger partial charge in [0.15, 0.2) is 0 Å². The summed E-state index contributed by atoms with van der Waals surface area (Å²) in [6.45, 7) is 4.62. The Labute approximate surface area is 174 Å². The monoisotopic (exact) mass is 414 g/mol. The quantitative estimate of drug-likeness (QED) is 0.662. The average Bonchev–Trinajstić information content (AvgIpc) is 2.74. The molecule has 1 aliphatic rings. The van der Waals surface area contributed by atoms with E-state index in [-0.39, 0.29) is 16.7 Å². The number of para-hydroxylation sites is 1. The van der Waals surface area contributed by atoms with Crippen LogP contribution in [0.25, 0.3) is 0 Å². The minimum absolute atomic E-state index is 0.00140. The van der Waals surface area contributed by atoms with E-state index >= 15 is 0 Å². The first-order chi connectivity index (χ1) is 14.0. The molecule has 6 heteroatoms. The van der Waals surface area contributed by atoms with Crippen molar-refractivity contribution in [2.24, 2.45) is 5.92 Å². The molecule has 1 heterocycles. The van der Waals surface area contributed by atoms with Crippen molar-refractivity contribution in [3.63, 3.8) is 0 Å². The van der Waals surface area contributed by atoms with E-state index in [1.165, 1.54) is 4.31 Å². The van der Waals surface area contributed by atoms with Crippen LogP contribution in [0.15, 0.2) is 53.4 Å². The number of carbonyl (C=O) groups is 1. The van der Waals surface area contributed by atoms with Crippen LogP contribution in [-0.4, -0.2) is 20.9 Å². The van der Waals surface area contributed by atoms with Crippen molar-refractivity contribution in [2.45, 2.75) is 57.3 Å². The fourth-order valence-electron chi connectivity index (χ4n) is 3.80. The zero-order valence-electron chi connectivity index (χ0n) is 17.2. The maximum atomic E-state index is 13.2. The van der Waals surface area contributed by atoms with Gasteiger partial charge in [-0.1, -0.05) is 44.9 Å². The third kappa shape index (κ3) is 4.81. The molecule has 1 N–H and O–H groups in total. The van der Waals surface area contributed by atoms with Crippen molar-refractivity contribution in [2.75, 3.05) is 16.2 Å². The van der Waals surface area contributed by atoms with Crippen molar-refractivity contribution < 1.29 is 13.2 Å². The second-order valence-electron chi connectivity index (χ2n) is 7.57. The molecular weight excluding hydrogens is 384 g/mol. The number of sulfonamides is 1. The standard InChI is InChI=1S/C23H30N2O3S/c1-3-5-9-18(4-2)23(26)24-20-13-15-21(16-14-20)29(27,28)25-17-8-11-19-10-6-7-12-22(19)25/h6-7,10,12-16,18H,3-5,8-9,11,17H2,1-2H3,(H,24,26). The molecule has 1 amide bonds. The van der Waals surface area contributed by atoms with Gasteiger partial charge < -0.3 is 5.32 Å². The SMILES string of the molecule is CCCCC(CC)C(=O)Nc1ccc(S(=O)(=O)N2CCCc3ccccc32)cc1. The zero-order valence-corrected chi connectivity index (χ0v) is 18.0. The number of nitrogens with one attached hydrogen (secondary N) is 1. The van der Waals surface area contributed by atoms with Crippen molar-refractivity contribution in [3.8, 4) is 0 Å². The molecule has 0 radical (unpaired) electrons. The Bertz CT molecular complexity index is 939. The highest BCUT2D eigenvalue weighted by atomic mass is 32.2. The van der Waals surface area contributed by atoms with Crippen molar-refractivity contribution in [1.29, 1.82) is 0 Å². The molecule has 29 heavy (non-hydrogen) atoms. The lowest BCUT2D eigenvalue weighted by molar-refractivity contribution is -0.120. The summed E-state index contributed by atoms with van der Waals surface area (Å²) in [5.41, 5.74) is 2.45. The zero-order chi connectivity index (χ0) is 20.9. The summed E-state index contributed by atoms with van der Waals surface area (Å²) in [4.78, 5) is 12.7. The summed E-state index contributed by atoms with van der Waals surface area (Å²) < 4.78 is 27.9. The molecule has 0 saturated heterocycles. The number of hydrogen-bond donors (Lipinski definition) is 1. The largest absolute Gasteiger partial charge is 0.326 e. The summed E-state index contributed by atoms with van der Waals surface area (Å²) in [7, 11) is -3.63. The number of benzene rings is 2. The Morgan fingerprint density at radius 3 is 2.52 bits per heavy atom. The molecule has 3 rings (SSSR count). The van der Waals surface area contributed by atoms with E-state index in [1.807, 2.05) is 31.2 Å². The summed E-state index contributed by atoms with van der Waals surface area (Å²) in [6.07, 6.45) is 5.47. The van der Waals surface area contributed by atoms with Crippen LogP contribution in [-0.2, 0) is 21.2 Å². The van der Waals surface area contributed by atoms with Crippen LogP contribution in [0.5, 0.6) is 0 Å². The second kappa shape index (κ2) is 9.44. The van der Waals surface area contributed by atoms with Crippen LogP contribution in [0.1, 0.15) is 51.5 Å². The van der Waals surface area contributed by atoms with Gasteiger partial charge in [-0.2, -0.15) is 0 Å². The molecule has 156 valence electrons. The van der Waals surface area contributed by atoms with E-state index in [0.29, 0.717) is 12.2 Å². The number of anilines is 2. The predicted octanol–water partition coefficient (Wildman–Crippen LogP) is 4.98. The number of aryl methyl sites for hydroxylation is 1. The Hall–Kier alpha value is -2.34. The number of rotatable bonds is 8. The first kappa shape index (κ1) is 21.4. The highest BCUT2D eigenvalue weighted by Gasteiger charge is 2.28. The number of fused-ring (bicyclic) bond motifs is 1. The first-order valence-electron chi connectivity index (χ1n) is 10.5. The van der Waals surface area contributed by atoms with Gasteiger partial charge in [0.05, 0.1) is 10.6 Å². The summed E-state index contributed by atoms with van der Waals surface area (Å²) in [5.74, 6) is -0.00951. The molecule has 2 aromatic rings. The average molecular weight is 415 g/mol. The van der Waals surface area contributed by atoms with Gasteiger partial charge in [0, 0.05) is 18.2 Å². The summed E-state index contributed by atoms with van der Waals surface area (Å²) >= 11 is 0. The molecule has 0 aliphatic carbocycles. The lowest BCUT2D eigenvalue weighted by Crippen LogP contribution is -2.35. The van der Waals surface area contributed by atoms with E-state index in [0.717, 1.165) is 49.8 Å². The van der Waals surface area contributed by atoms with Crippen LogP contribution in [0, 0.1) is 5.92 Å². The Morgan fingerprint density at radius 1 is 1.10 bits per heavy atom. The van der Waals surface area contributed by atoms with E-state index < -0.39 is 10.0 Å². The summed E-state index contributed by atoms with van der Waals surface area (Å²) in [6, 6.07) is 14.2. The number of amides is 1. The van der Waals surface area contributed by atoms with Gasteiger partial charge in [0.1, 0.15) is 0 Å². The van der Waals surface area contributed by atoms with Crippen LogP contribution < -0.4 is 9.62 Å². The predicted molar refractivity (Wildman–Crippen MR) is 118 cm³/mol. The fourth-order valence-corrected chi connectivity index (χ4v) is 5.34. The molecular formula is C23H30N2O3S. The fraction of sp³-hybridized carbons (Fsp3) is 0.435. The van der Waals surface area contributed by atoms with Crippen molar-refractivity contribution in [3.05, 3.63) is 54.1 Å². The highest BCUT2D eigenvalue weighted by molar-refractivity contribution is 7.92. The Morgan fingerprint density at radius 2 is 1.83 bits per heavy atom. The van der Waals surface area contributed by atoms with Gasteiger partial charge in [0.25, 0.3) is 10.0 Å². The van der Waals surface area contributed by atoms with Crippen LogP contribution in [0.4, 0.5) is 11.4 Å². The molecule has 0 spiro atoms. The number of nitrogens with zero attached hydrogens (tertiary/aromatic N) is 1. The highest BCUT2D eigenvalue weighted by Crippen LogP contribution is 2.32. The van der Waals surface area contributed by atoms with Gasteiger partial charge in [0.2, 0.25) is 5.91 Å². The van der Waals surface area contributed by atoms with Crippen molar-refractivity contribution in [1.82, 2.24) is 0 Å². The molecule has 2 aromatic carbocycles. The van der Waals surface area contributed by atoms with E-state index in [1.54, 1.807) is 24.3 Å². The molecule has 0 saturated carbocycles. The molecule has 0 aromatic heterocycles. The Kier molecular flexibility index (Phi) is 6.96. The van der Waals surface area contributed by atoms with Crippen molar-refractivity contribution >= 4 is 27.3 Å². The minimum atomic E-state index is -3.63. The van der Waals surface area contributed by atoms with E-state index in [4.69, 9.17) is 0 Å². The lowest BCUT2D eigenvalue weighted by atomic mass is 9.98.